The van der Waals surface area contributed by atoms with Crippen LogP contribution in [0.2, 0.25) is 0 Å². The zero-order valence-corrected chi connectivity index (χ0v) is 36.5. The van der Waals surface area contributed by atoms with Crippen molar-refractivity contribution in [3.05, 3.63) is 71.4 Å². The molecule has 0 unspecified atom stereocenters. The average molecular weight is 851 g/mol. The van der Waals surface area contributed by atoms with E-state index in [1.54, 1.807) is 29.5 Å². The summed E-state index contributed by atoms with van der Waals surface area (Å²) in [5, 5.41) is 40.3. The average Bonchev–Trinajstić information content (AvgIpc) is 3.95. The van der Waals surface area contributed by atoms with Gasteiger partial charge < -0.3 is 36.4 Å². The lowest BCUT2D eigenvalue weighted by atomic mass is 9.85. The minimum Gasteiger partial charge on any atom is -0.507 e. The summed E-state index contributed by atoms with van der Waals surface area (Å²) >= 11 is 1.58. The Balaban J connectivity index is 0.865. The van der Waals surface area contributed by atoms with Crippen LogP contribution in [-0.2, 0) is 14.4 Å². The summed E-state index contributed by atoms with van der Waals surface area (Å²) in [6, 6.07) is 15.0. The first-order valence-electron chi connectivity index (χ1n) is 21.3. The summed E-state index contributed by atoms with van der Waals surface area (Å²) in [6.07, 6.45) is 3.84. The van der Waals surface area contributed by atoms with Crippen molar-refractivity contribution < 1.29 is 24.6 Å². The molecule has 2 saturated heterocycles. The van der Waals surface area contributed by atoms with Gasteiger partial charge in [0.05, 0.1) is 45.5 Å². The minimum atomic E-state index is -0.867. The summed E-state index contributed by atoms with van der Waals surface area (Å²) in [5.41, 5.74) is 12.9. The highest BCUT2D eigenvalue weighted by Gasteiger charge is 2.44. The molecule has 2 aliphatic heterocycles. The summed E-state index contributed by atoms with van der Waals surface area (Å²) in [5.74, 6) is -0.439. The van der Waals surface area contributed by atoms with E-state index in [1.807, 2.05) is 81.2 Å². The van der Waals surface area contributed by atoms with Gasteiger partial charge in [0.25, 0.3) is 0 Å². The Bertz CT molecular complexity index is 2330. The van der Waals surface area contributed by atoms with E-state index in [4.69, 9.17) is 5.73 Å². The standard InChI is InChI=1S/C45H58N10O5S/c1-27(29-14-16-30(17-15-29)40-28(2)47-26-61-40)48-43(59)36-23-32(56)25-54(36)44(60)41(45(3,4)5)49-38(58)13-7-6-10-20-53-21-18-31(19-22-53)55-35-24-34(33-11-8-9-12-37(33)57)50-51-39(35)42(46)52-55/h8-9,11-12,14-17,24,26-27,31-32,36,41,56-57H,6-7,10,13,18-23,25H2,1-5H3,(H2,46,52)(H,48,59)(H,49,58)/t27-,32+,36-,41+/m0/s1. The van der Waals surface area contributed by atoms with Crippen molar-refractivity contribution in [2.45, 2.75) is 110 Å². The number of β-amino-alcohol motifs (C(OH)–C–C–N with tert-alkyl or cyclic N) is 1. The quantitative estimate of drug-likeness (QED) is 0.0848. The number of aliphatic hydroxyl groups is 1. The number of rotatable bonds is 14. The third-order valence-electron chi connectivity index (χ3n) is 12.0. The van der Waals surface area contributed by atoms with Crippen LogP contribution in [-0.4, -0.2) is 107 Å². The van der Waals surface area contributed by atoms with Gasteiger partial charge in [-0.15, -0.1) is 21.5 Å². The topological polar surface area (TPSA) is 205 Å². The number of carbonyl (C=O) groups is 3. The van der Waals surface area contributed by atoms with Crippen molar-refractivity contribution in [3.8, 4) is 27.4 Å². The number of benzene rings is 2. The number of amides is 3. The van der Waals surface area contributed by atoms with E-state index < -0.39 is 23.6 Å². The Morgan fingerprint density at radius 3 is 2.43 bits per heavy atom. The van der Waals surface area contributed by atoms with Crippen molar-refractivity contribution in [3.63, 3.8) is 0 Å². The van der Waals surface area contributed by atoms with Crippen LogP contribution < -0.4 is 16.4 Å². The first kappa shape index (κ1) is 43.6. The molecule has 2 aliphatic rings. The molecule has 15 nitrogen and oxygen atoms in total. The number of aliphatic hydroxyl groups excluding tert-OH is 1. The molecule has 3 aromatic heterocycles. The predicted octanol–water partition coefficient (Wildman–Crippen LogP) is 5.78. The lowest BCUT2D eigenvalue weighted by Gasteiger charge is -2.35. The molecule has 16 heteroatoms. The number of piperidine rings is 1. The number of nitrogens with one attached hydrogen (secondary N) is 2. The molecule has 0 spiro atoms. The van der Waals surface area contributed by atoms with Gasteiger partial charge in [-0.25, -0.2) is 4.98 Å². The maximum atomic E-state index is 14.1. The van der Waals surface area contributed by atoms with Gasteiger partial charge in [0.15, 0.2) is 11.3 Å². The molecule has 3 amide bonds. The summed E-state index contributed by atoms with van der Waals surface area (Å²) < 4.78 is 1.96. The monoisotopic (exact) mass is 850 g/mol. The predicted molar refractivity (Wildman–Crippen MR) is 236 cm³/mol. The highest BCUT2D eigenvalue weighted by atomic mass is 32.1. The molecule has 2 fully saturated rings. The molecule has 0 aliphatic carbocycles. The molecule has 0 bridgehead atoms. The Morgan fingerprint density at radius 2 is 1.74 bits per heavy atom. The van der Waals surface area contributed by atoms with Crippen LogP contribution >= 0.6 is 11.3 Å². The first-order valence-corrected chi connectivity index (χ1v) is 22.2. The number of likely N-dealkylation sites (tertiary alicyclic amines) is 2. The van der Waals surface area contributed by atoms with E-state index in [-0.39, 0.29) is 54.9 Å². The van der Waals surface area contributed by atoms with Gasteiger partial charge in [-0.05, 0) is 80.8 Å². The van der Waals surface area contributed by atoms with E-state index >= 15 is 0 Å². The summed E-state index contributed by atoms with van der Waals surface area (Å²) in [6.45, 7) is 12.3. The second-order valence-corrected chi connectivity index (χ2v) is 18.4. The molecule has 0 radical (unpaired) electrons. The number of fused-ring (bicyclic) bond motifs is 1. The van der Waals surface area contributed by atoms with Crippen LogP contribution in [0.25, 0.3) is 32.7 Å². The highest BCUT2D eigenvalue weighted by Crippen LogP contribution is 2.34. The van der Waals surface area contributed by atoms with E-state index in [1.165, 1.54) is 4.90 Å². The fraction of sp³-hybridized carbons (Fsp3) is 0.489. The second kappa shape index (κ2) is 18.7. The molecule has 4 atom stereocenters. The van der Waals surface area contributed by atoms with Crippen molar-refractivity contribution in [2.24, 2.45) is 5.41 Å². The highest BCUT2D eigenvalue weighted by molar-refractivity contribution is 7.13. The van der Waals surface area contributed by atoms with Gasteiger partial charge in [-0.3, -0.25) is 19.1 Å². The molecule has 5 heterocycles. The number of hydrogen-bond donors (Lipinski definition) is 5. The number of aryl methyl sites for hydroxylation is 1. The number of nitrogen functional groups attached to an aromatic ring is 1. The molecular formula is C45H58N10O5S. The fourth-order valence-electron chi connectivity index (χ4n) is 8.49. The molecule has 7 rings (SSSR count). The van der Waals surface area contributed by atoms with Gasteiger partial charge in [-0.1, -0.05) is 63.6 Å². The normalized spacial score (nSPS) is 18.6. The maximum Gasteiger partial charge on any atom is 0.246 e. The van der Waals surface area contributed by atoms with E-state index in [2.05, 4.69) is 35.8 Å². The van der Waals surface area contributed by atoms with Crippen LogP contribution in [0.15, 0.2) is 60.1 Å². The van der Waals surface area contributed by atoms with Gasteiger partial charge in [0.1, 0.15) is 17.8 Å². The minimum absolute atomic E-state index is 0.0236. The third-order valence-corrected chi connectivity index (χ3v) is 13.0. The Labute approximate surface area is 360 Å². The number of phenolic OH excluding ortho intramolecular Hbond substituents is 1. The fourth-order valence-corrected chi connectivity index (χ4v) is 9.30. The SMILES string of the molecule is Cc1ncsc1-c1ccc([C@H](C)NC(=O)[C@@H]2C[C@@H](O)CN2C(=O)[C@@H](NC(=O)CCCCCN2CCC(n3nc(N)c4nnc(-c5ccccc5O)cc43)CC2)C(C)(C)C)cc1. The smallest absolute Gasteiger partial charge is 0.246 e. The van der Waals surface area contributed by atoms with Crippen molar-refractivity contribution in [2.75, 3.05) is 31.9 Å². The third kappa shape index (κ3) is 10.0. The largest absolute Gasteiger partial charge is 0.507 e. The Hall–Kier alpha value is -5.45. The second-order valence-electron chi connectivity index (χ2n) is 17.6. The number of phenols is 1. The van der Waals surface area contributed by atoms with E-state index in [9.17, 15) is 24.6 Å². The van der Waals surface area contributed by atoms with Crippen LogP contribution in [0, 0.1) is 12.3 Å². The summed E-state index contributed by atoms with van der Waals surface area (Å²) in [4.78, 5) is 50.4. The van der Waals surface area contributed by atoms with Crippen LogP contribution in [0.5, 0.6) is 5.75 Å². The van der Waals surface area contributed by atoms with Crippen LogP contribution in [0.3, 0.4) is 0 Å². The maximum absolute atomic E-state index is 14.1. The number of unbranched alkanes of at least 4 members (excludes halogenated alkanes) is 2. The lowest BCUT2D eigenvalue weighted by Crippen LogP contribution is -2.57. The van der Waals surface area contributed by atoms with Crippen molar-refractivity contribution >= 4 is 45.9 Å². The van der Waals surface area contributed by atoms with Gasteiger partial charge >= 0.3 is 0 Å². The number of hydrogen-bond acceptors (Lipinski definition) is 12. The molecule has 2 aromatic carbocycles. The first-order chi connectivity index (χ1) is 29.2. The Morgan fingerprint density at radius 1 is 1.00 bits per heavy atom. The van der Waals surface area contributed by atoms with Gasteiger partial charge in [0.2, 0.25) is 17.7 Å². The summed E-state index contributed by atoms with van der Waals surface area (Å²) in [7, 11) is 0. The molecule has 0 saturated carbocycles. The van der Waals surface area contributed by atoms with Crippen molar-refractivity contribution in [1.29, 1.82) is 0 Å². The molecule has 324 valence electrons. The van der Waals surface area contributed by atoms with E-state index in [0.717, 1.165) is 72.5 Å². The van der Waals surface area contributed by atoms with Crippen LogP contribution in [0.1, 0.15) is 96.0 Å². The Kier molecular flexibility index (Phi) is 13.4. The molecule has 5 aromatic rings. The number of nitrogens with two attached hydrogens (primary N) is 1. The van der Waals surface area contributed by atoms with Crippen molar-refractivity contribution in [1.82, 2.24) is 45.4 Å². The number of nitrogens with zero attached hydrogens (tertiary/aromatic N) is 7. The molecule has 6 N–H and O–H groups in total. The molecular weight excluding hydrogens is 793 g/mol. The number of anilines is 1. The number of thiazole rings is 1. The lowest BCUT2D eigenvalue weighted by molar-refractivity contribution is -0.144. The van der Waals surface area contributed by atoms with Gasteiger partial charge in [0, 0.05) is 38.0 Å². The zero-order chi connectivity index (χ0) is 43.4. The number of aromatic hydroxyl groups is 1. The number of aromatic nitrogens is 5. The number of carbonyl (C=O) groups excluding carboxylic acids is 3. The van der Waals surface area contributed by atoms with Gasteiger partial charge in [-0.2, -0.15) is 5.10 Å². The number of para-hydroxylation sites is 1. The van der Waals surface area contributed by atoms with E-state index in [0.29, 0.717) is 29.0 Å². The zero-order valence-electron chi connectivity index (χ0n) is 35.7. The molecule has 61 heavy (non-hydrogen) atoms. The van der Waals surface area contributed by atoms with Crippen LogP contribution in [0.4, 0.5) is 5.82 Å².